The number of fused-ring (bicyclic) bond motifs is 5. The van der Waals surface area contributed by atoms with Crippen molar-refractivity contribution in [1.29, 1.82) is 0 Å². The van der Waals surface area contributed by atoms with Gasteiger partial charge in [-0.05, 0) is 50.2 Å². The fourth-order valence-electron chi connectivity index (χ4n) is 3.23. The van der Waals surface area contributed by atoms with Gasteiger partial charge in [-0.1, -0.05) is 0 Å². The summed E-state index contributed by atoms with van der Waals surface area (Å²) in [6, 6.07) is 12.7. The van der Waals surface area contributed by atoms with E-state index in [1.165, 1.54) is 38.0 Å². The number of thiophene rings is 4. The van der Waals surface area contributed by atoms with Crippen molar-refractivity contribution in [2.75, 3.05) is 0 Å². The van der Waals surface area contributed by atoms with E-state index in [2.05, 4.69) is 24.3 Å². The third kappa shape index (κ3) is 2.13. The molecule has 6 heterocycles. The van der Waals surface area contributed by atoms with Crippen LogP contribution >= 0.6 is 45.3 Å². The molecule has 0 amide bonds. The molecule has 0 atom stereocenters. The Morgan fingerprint density at radius 1 is 0.615 bits per heavy atom. The van der Waals surface area contributed by atoms with Crippen molar-refractivity contribution in [3.05, 3.63) is 47.9 Å². The van der Waals surface area contributed by atoms with E-state index in [-0.39, 0.29) is 0 Å². The van der Waals surface area contributed by atoms with Crippen LogP contribution in [-0.4, -0.2) is 0 Å². The van der Waals surface area contributed by atoms with Gasteiger partial charge in [0.25, 0.3) is 0 Å². The van der Waals surface area contributed by atoms with Crippen molar-refractivity contribution in [2.45, 2.75) is 13.8 Å². The predicted molar refractivity (Wildman–Crippen MR) is 115 cm³/mol. The maximum Gasteiger partial charge on any atom is 0.144 e. The highest BCUT2D eigenvalue weighted by molar-refractivity contribution is 7.50. The van der Waals surface area contributed by atoms with Gasteiger partial charge in [-0.2, -0.15) is 0 Å². The van der Waals surface area contributed by atoms with Gasteiger partial charge in [-0.15, -0.1) is 45.3 Å². The zero-order chi connectivity index (χ0) is 17.4. The molecule has 2 nitrogen and oxygen atoms in total. The minimum absolute atomic E-state index is 0.958. The highest BCUT2D eigenvalue weighted by atomic mass is 32.2. The van der Waals surface area contributed by atoms with Gasteiger partial charge in [-0.3, -0.25) is 0 Å². The molecule has 0 unspecified atom stereocenters. The molecule has 0 aliphatic carbocycles. The predicted octanol–water partition coefficient (Wildman–Crippen LogP) is 8.53. The lowest BCUT2D eigenvalue weighted by molar-refractivity contribution is 0.549. The highest BCUT2D eigenvalue weighted by Crippen LogP contribution is 2.51. The fraction of sp³-hybridized carbons (Fsp3) is 0.100. The van der Waals surface area contributed by atoms with Crippen LogP contribution in [0.5, 0.6) is 0 Å². The van der Waals surface area contributed by atoms with Crippen molar-refractivity contribution < 1.29 is 8.83 Å². The summed E-state index contributed by atoms with van der Waals surface area (Å²) in [5.74, 6) is 3.86. The van der Waals surface area contributed by atoms with E-state index in [4.69, 9.17) is 8.83 Å². The fourth-order valence-corrected chi connectivity index (χ4v) is 8.68. The first-order valence-electron chi connectivity index (χ1n) is 8.18. The standard InChI is InChI=1S/C20H12O2S4/c1-9-3-5-13(21-9)15-7-11-17-18(25-19(11)23-15)12-8-16(24-20(12)26-17)14-6-4-10(2)22-14/h3-8H,1-2H3. The maximum absolute atomic E-state index is 5.80. The van der Waals surface area contributed by atoms with Crippen LogP contribution in [0.15, 0.2) is 45.2 Å². The van der Waals surface area contributed by atoms with Crippen LogP contribution in [0.4, 0.5) is 0 Å². The number of aryl methyl sites for hydroxylation is 2. The average Bonchev–Trinajstić information content (AvgIpc) is 3.36. The molecule has 0 spiro atoms. The first-order valence-corrected chi connectivity index (χ1v) is 11.4. The Balaban J connectivity index is 1.53. The third-order valence-corrected chi connectivity index (χ3v) is 9.53. The van der Waals surface area contributed by atoms with E-state index >= 15 is 0 Å². The monoisotopic (exact) mass is 412 g/mol. The summed E-state index contributed by atoms with van der Waals surface area (Å²) in [7, 11) is 0. The van der Waals surface area contributed by atoms with Crippen LogP contribution in [0, 0.1) is 13.8 Å². The van der Waals surface area contributed by atoms with E-state index in [0.29, 0.717) is 0 Å². The third-order valence-electron chi connectivity index (χ3n) is 4.45. The average molecular weight is 413 g/mol. The summed E-state index contributed by atoms with van der Waals surface area (Å²) >= 11 is 7.45. The van der Waals surface area contributed by atoms with Crippen LogP contribution in [0.2, 0.25) is 0 Å². The summed E-state index contributed by atoms with van der Waals surface area (Å²) in [6.07, 6.45) is 0. The molecule has 6 rings (SSSR count). The highest BCUT2D eigenvalue weighted by Gasteiger charge is 2.19. The molecular weight excluding hydrogens is 400 g/mol. The molecular formula is C20H12O2S4. The zero-order valence-corrected chi connectivity index (χ0v) is 17.2. The lowest BCUT2D eigenvalue weighted by atomic mass is 10.3. The Labute approximate surface area is 164 Å². The topological polar surface area (TPSA) is 26.3 Å². The first kappa shape index (κ1) is 15.2. The maximum atomic E-state index is 5.80. The number of rotatable bonds is 2. The van der Waals surface area contributed by atoms with E-state index in [9.17, 15) is 0 Å². The SMILES string of the molecule is Cc1ccc(-c2cc3c(s2)sc2c4cc(-c5ccc(C)o5)sc4sc32)o1. The zero-order valence-electron chi connectivity index (χ0n) is 13.9. The van der Waals surface area contributed by atoms with Crippen LogP contribution in [0.25, 0.3) is 49.5 Å². The second kappa shape index (κ2) is 5.33. The smallest absolute Gasteiger partial charge is 0.144 e. The largest absolute Gasteiger partial charge is 0.461 e. The summed E-state index contributed by atoms with van der Waals surface area (Å²) in [5, 5.41) is 2.73. The van der Waals surface area contributed by atoms with Gasteiger partial charge in [-0.25, -0.2) is 0 Å². The quantitative estimate of drug-likeness (QED) is 0.285. The van der Waals surface area contributed by atoms with Crippen LogP contribution < -0.4 is 0 Å². The van der Waals surface area contributed by atoms with Crippen LogP contribution in [0.1, 0.15) is 11.5 Å². The summed E-state index contributed by atoms with van der Waals surface area (Å²) < 4.78 is 17.2. The molecule has 0 radical (unpaired) electrons. The molecule has 0 aliphatic rings. The van der Waals surface area contributed by atoms with Gasteiger partial charge < -0.3 is 8.83 Å². The second-order valence-electron chi connectivity index (χ2n) is 6.31. The molecule has 0 fully saturated rings. The summed E-state index contributed by atoms with van der Waals surface area (Å²) in [4.78, 5) is 2.43. The first-order chi connectivity index (χ1) is 12.7. The number of hydrogen-bond acceptors (Lipinski definition) is 6. The molecule has 0 saturated heterocycles. The van der Waals surface area contributed by atoms with Gasteiger partial charge in [0.1, 0.15) is 23.0 Å². The molecule has 6 aromatic heterocycles. The van der Waals surface area contributed by atoms with Crippen molar-refractivity contribution >= 4 is 73.5 Å². The van der Waals surface area contributed by atoms with E-state index in [0.717, 1.165) is 23.0 Å². The van der Waals surface area contributed by atoms with Gasteiger partial charge in [0, 0.05) is 10.8 Å². The Kier molecular flexibility index (Phi) is 3.12. The van der Waals surface area contributed by atoms with Gasteiger partial charge in [0.2, 0.25) is 0 Å². The molecule has 6 aromatic rings. The molecule has 0 saturated carbocycles. The van der Waals surface area contributed by atoms with E-state index in [1.807, 2.05) is 71.3 Å². The Bertz CT molecular complexity index is 1300. The Morgan fingerprint density at radius 3 is 1.46 bits per heavy atom. The van der Waals surface area contributed by atoms with Gasteiger partial charge in [0.05, 0.1) is 27.2 Å². The Hall–Kier alpha value is -1.86. The molecule has 128 valence electrons. The molecule has 6 heteroatoms. The lowest BCUT2D eigenvalue weighted by Gasteiger charge is -1.89. The molecule has 26 heavy (non-hydrogen) atoms. The van der Waals surface area contributed by atoms with Crippen LogP contribution in [0.3, 0.4) is 0 Å². The van der Waals surface area contributed by atoms with Crippen molar-refractivity contribution in [3.63, 3.8) is 0 Å². The van der Waals surface area contributed by atoms with Gasteiger partial charge in [0.15, 0.2) is 0 Å². The molecule has 0 bridgehead atoms. The van der Waals surface area contributed by atoms with Crippen molar-refractivity contribution in [1.82, 2.24) is 0 Å². The minimum atomic E-state index is 0.958. The minimum Gasteiger partial charge on any atom is -0.461 e. The summed E-state index contributed by atoms with van der Waals surface area (Å²) in [6.45, 7) is 3.98. The van der Waals surface area contributed by atoms with Crippen molar-refractivity contribution in [3.8, 4) is 21.3 Å². The van der Waals surface area contributed by atoms with E-state index in [1.54, 1.807) is 0 Å². The number of furan rings is 2. The van der Waals surface area contributed by atoms with Crippen molar-refractivity contribution in [2.24, 2.45) is 0 Å². The van der Waals surface area contributed by atoms with Crippen LogP contribution in [-0.2, 0) is 0 Å². The molecule has 0 aromatic carbocycles. The number of hydrogen-bond donors (Lipinski definition) is 0. The molecule has 0 N–H and O–H groups in total. The molecule has 0 aliphatic heterocycles. The second-order valence-corrected chi connectivity index (χ2v) is 11.0. The summed E-state index contributed by atoms with van der Waals surface area (Å²) in [5.41, 5.74) is 0. The Morgan fingerprint density at radius 2 is 1.08 bits per heavy atom. The lowest BCUT2D eigenvalue weighted by Crippen LogP contribution is -1.62. The van der Waals surface area contributed by atoms with E-state index < -0.39 is 0 Å². The van der Waals surface area contributed by atoms with Gasteiger partial charge >= 0.3 is 0 Å². The normalized spacial score (nSPS) is 12.2.